The summed E-state index contributed by atoms with van der Waals surface area (Å²) >= 11 is 0. The number of aryl methyl sites for hydroxylation is 1. The smallest absolute Gasteiger partial charge is 0.162 e. The first kappa shape index (κ1) is 7.98. The van der Waals surface area contributed by atoms with Crippen molar-refractivity contribution in [1.82, 2.24) is 9.55 Å². The van der Waals surface area contributed by atoms with Crippen LogP contribution in [-0.2, 0) is 7.05 Å². The van der Waals surface area contributed by atoms with Crippen molar-refractivity contribution in [2.45, 2.75) is 6.92 Å². The molecule has 13 heavy (non-hydrogen) atoms. The Bertz CT molecular complexity index is 471. The molecule has 0 aromatic carbocycles. The maximum Gasteiger partial charge on any atom is 0.162 e. The molecule has 66 valence electrons. The van der Waals surface area contributed by atoms with Crippen molar-refractivity contribution in [1.29, 1.82) is 0 Å². The Hall–Kier alpha value is -1.64. The fourth-order valence-corrected chi connectivity index (χ4v) is 1.46. The third-order valence-electron chi connectivity index (χ3n) is 2.19. The molecule has 2 aromatic rings. The molecular formula is C10H10N2O. The van der Waals surface area contributed by atoms with Gasteiger partial charge in [-0.3, -0.25) is 9.78 Å². The predicted octanol–water partition coefficient (Wildman–Crippen LogP) is 1.78. The second-order valence-corrected chi connectivity index (χ2v) is 3.10. The third-order valence-corrected chi connectivity index (χ3v) is 2.19. The molecular weight excluding hydrogens is 164 g/mol. The molecule has 0 aliphatic carbocycles. The molecule has 0 aliphatic rings. The molecule has 3 nitrogen and oxygen atoms in total. The van der Waals surface area contributed by atoms with E-state index in [1.54, 1.807) is 19.3 Å². The van der Waals surface area contributed by atoms with E-state index in [2.05, 4.69) is 4.98 Å². The van der Waals surface area contributed by atoms with E-state index in [0.29, 0.717) is 5.56 Å². The van der Waals surface area contributed by atoms with Gasteiger partial charge in [-0.15, -0.1) is 0 Å². The van der Waals surface area contributed by atoms with Crippen LogP contribution in [0.2, 0.25) is 0 Å². The number of aromatic nitrogens is 2. The summed E-state index contributed by atoms with van der Waals surface area (Å²) in [7, 11) is 1.94. The first-order valence-electron chi connectivity index (χ1n) is 4.10. The van der Waals surface area contributed by atoms with Gasteiger partial charge >= 0.3 is 0 Å². The van der Waals surface area contributed by atoms with Crippen LogP contribution in [-0.4, -0.2) is 15.3 Å². The highest BCUT2D eigenvalue weighted by Crippen LogP contribution is 2.17. The fourth-order valence-electron chi connectivity index (χ4n) is 1.46. The minimum Gasteiger partial charge on any atom is -0.349 e. The standard InChI is InChI=1S/C10H10N2O/c1-7(13)9-5-11-6-10-8(9)3-4-12(10)2/h3-6H,1-2H3. The Morgan fingerprint density at radius 1 is 1.46 bits per heavy atom. The van der Waals surface area contributed by atoms with E-state index < -0.39 is 0 Å². The van der Waals surface area contributed by atoms with Gasteiger partial charge in [-0.05, 0) is 13.0 Å². The van der Waals surface area contributed by atoms with Crippen LogP contribution in [0.5, 0.6) is 0 Å². The van der Waals surface area contributed by atoms with Crippen LogP contribution in [0.15, 0.2) is 24.7 Å². The van der Waals surface area contributed by atoms with Crippen LogP contribution >= 0.6 is 0 Å². The van der Waals surface area contributed by atoms with E-state index in [0.717, 1.165) is 10.9 Å². The monoisotopic (exact) mass is 174 g/mol. The third kappa shape index (κ3) is 1.13. The SMILES string of the molecule is CC(=O)c1cncc2c1ccn2C. The summed E-state index contributed by atoms with van der Waals surface area (Å²) in [6.45, 7) is 1.56. The maximum atomic E-state index is 11.2. The fraction of sp³-hybridized carbons (Fsp3) is 0.200. The van der Waals surface area contributed by atoms with Gasteiger partial charge in [0.1, 0.15) is 0 Å². The highest BCUT2D eigenvalue weighted by molar-refractivity contribution is 6.05. The molecule has 0 amide bonds. The first-order valence-corrected chi connectivity index (χ1v) is 4.10. The number of nitrogens with zero attached hydrogens (tertiary/aromatic N) is 2. The number of hydrogen-bond donors (Lipinski definition) is 0. The molecule has 0 saturated carbocycles. The Morgan fingerprint density at radius 2 is 2.23 bits per heavy atom. The molecule has 0 spiro atoms. The van der Waals surface area contributed by atoms with Crippen LogP contribution in [0, 0.1) is 0 Å². The molecule has 2 heterocycles. The van der Waals surface area contributed by atoms with Crippen LogP contribution < -0.4 is 0 Å². The molecule has 3 heteroatoms. The molecule has 0 radical (unpaired) electrons. The zero-order valence-electron chi connectivity index (χ0n) is 7.61. The van der Waals surface area contributed by atoms with Gasteiger partial charge in [0, 0.05) is 30.4 Å². The highest BCUT2D eigenvalue weighted by atomic mass is 16.1. The molecule has 0 bridgehead atoms. The number of pyridine rings is 1. The summed E-state index contributed by atoms with van der Waals surface area (Å²) in [5.74, 6) is 0.0595. The average molecular weight is 174 g/mol. The molecule has 0 fully saturated rings. The second-order valence-electron chi connectivity index (χ2n) is 3.10. The minimum atomic E-state index is 0.0595. The zero-order chi connectivity index (χ0) is 9.42. The molecule has 0 aliphatic heterocycles. The highest BCUT2D eigenvalue weighted by Gasteiger charge is 2.07. The number of rotatable bonds is 1. The van der Waals surface area contributed by atoms with Crippen molar-refractivity contribution < 1.29 is 4.79 Å². The summed E-state index contributed by atoms with van der Waals surface area (Å²) in [5, 5.41) is 0.977. The molecule has 2 rings (SSSR count). The molecule has 2 aromatic heterocycles. The van der Waals surface area contributed by atoms with Gasteiger partial charge in [-0.1, -0.05) is 0 Å². The van der Waals surface area contributed by atoms with Crippen molar-refractivity contribution in [3.63, 3.8) is 0 Å². The lowest BCUT2D eigenvalue weighted by atomic mass is 10.1. The van der Waals surface area contributed by atoms with Crippen LogP contribution in [0.4, 0.5) is 0 Å². The topological polar surface area (TPSA) is 34.9 Å². The van der Waals surface area contributed by atoms with E-state index >= 15 is 0 Å². The van der Waals surface area contributed by atoms with Crippen LogP contribution in [0.25, 0.3) is 10.9 Å². The summed E-state index contributed by atoms with van der Waals surface area (Å²) in [6, 6.07) is 1.94. The molecule has 0 atom stereocenters. The summed E-state index contributed by atoms with van der Waals surface area (Å²) in [5.41, 5.74) is 1.69. The number of carbonyl (C=O) groups is 1. The zero-order valence-corrected chi connectivity index (χ0v) is 7.61. The van der Waals surface area contributed by atoms with Gasteiger partial charge in [0.2, 0.25) is 0 Å². The number of fused-ring (bicyclic) bond motifs is 1. The maximum absolute atomic E-state index is 11.2. The number of Topliss-reactive ketones (excluding diaryl/α,β-unsaturated/α-hetero) is 1. The molecule has 0 N–H and O–H groups in total. The van der Waals surface area contributed by atoms with Crippen molar-refractivity contribution in [2.24, 2.45) is 7.05 Å². The largest absolute Gasteiger partial charge is 0.349 e. The van der Waals surface area contributed by atoms with Gasteiger partial charge in [0.25, 0.3) is 0 Å². The summed E-state index contributed by atoms with van der Waals surface area (Å²) < 4.78 is 1.95. The first-order chi connectivity index (χ1) is 6.20. The van der Waals surface area contributed by atoms with Crippen LogP contribution in [0.3, 0.4) is 0 Å². The van der Waals surface area contributed by atoms with E-state index in [-0.39, 0.29) is 5.78 Å². The van der Waals surface area contributed by atoms with Gasteiger partial charge in [-0.25, -0.2) is 0 Å². The van der Waals surface area contributed by atoms with Crippen molar-refractivity contribution in [3.05, 3.63) is 30.2 Å². The van der Waals surface area contributed by atoms with E-state index in [1.165, 1.54) is 0 Å². The number of hydrogen-bond acceptors (Lipinski definition) is 2. The van der Waals surface area contributed by atoms with Crippen molar-refractivity contribution in [2.75, 3.05) is 0 Å². The van der Waals surface area contributed by atoms with Gasteiger partial charge in [0.05, 0.1) is 11.7 Å². The number of ketones is 1. The minimum absolute atomic E-state index is 0.0595. The second kappa shape index (κ2) is 2.69. The Labute approximate surface area is 76.0 Å². The molecule has 0 unspecified atom stereocenters. The number of carbonyl (C=O) groups excluding carboxylic acids is 1. The van der Waals surface area contributed by atoms with Crippen LogP contribution in [0.1, 0.15) is 17.3 Å². The summed E-state index contributed by atoms with van der Waals surface area (Å²) in [4.78, 5) is 15.2. The molecule has 0 saturated heterocycles. The van der Waals surface area contributed by atoms with Gasteiger partial charge in [0.15, 0.2) is 5.78 Å². The van der Waals surface area contributed by atoms with Crippen molar-refractivity contribution >= 4 is 16.7 Å². The van der Waals surface area contributed by atoms with Crippen molar-refractivity contribution in [3.8, 4) is 0 Å². The normalized spacial score (nSPS) is 10.6. The van der Waals surface area contributed by atoms with E-state index in [4.69, 9.17) is 0 Å². The predicted molar refractivity (Wildman–Crippen MR) is 50.7 cm³/mol. The Balaban J connectivity index is 2.84. The lowest BCUT2D eigenvalue weighted by Gasteiger charge is -1.98. The summed E-state index contributed by atoms with van der Waals surface area (Å²) in [6.07, 6.45) is 5.31. The van der Waals surface area contributed by atoms with Gasteiger partial charge < -0.3 is 4.57 Å². The average Bonchev–Trinajstić information content (AvgIpc) is 2.48. The van der Waals surface area contributed by atoms with E-state index in [9.17, 15) is 4.79 Å². The lowest BCUT2D eigenvalue weighted by molar-refractivity contribution is 0.101. The Kier molecular flexibility index (Phi) is 1.65. The van der Waals surface area contributed by atoms with E-state index in [1.807, 2.05) is 23.9 Å². The van der Waals surface area contributed by atoms with Gasteiger partial charge in [-0.2, -0.15) is 0 Å². The quantitative estimate of drug-likeness (QED) is 0.617. The lowest BCUT2D eigenvalue weighted by Crippen LogP contribution is -1.94. The Morgan fingerprint density at radius 3 is 2.92 bits per heavy atom.